The molecule has 10 heteroatoms. The van der Waals surface area contributed by atoms with E-state index in [1.807, 2.05) is 13.8 Å². The zero-order valence-corrected chi connectivity index (χ0v) is 23.4. The van der Waals surface area contributed by atoms with Crippen LogP contribution in [-0.2, 0) is 28.5 Å². The summed E-state index contributed by atoms with van der Waals surface area (Å²) in [6, 6.07) is 0. The highest BCUT2D eigenvalue weighted by Gasteiger charge is 2.26. The minimum absolute atomic E-state index is 0.0131. The number of amides is 2. The van der Waals surface area contributed by atoms with E-state index in [4.69, 9.17) is 18.9 Å². The number of hydrogen-bond acceptors (Lipinski definition) is 8. The lowest BCUT2D eigenvalue weighted by molar-refractivity contribution is -0.156. The number of carbonyl (C=O) groups excluding carboxylic acids is 4. The minimum atomic E-state index is -0.610. The maximum Gasteiger partial charge on any atom is 0.407 e. The fraction of sp³-hybridized carbons (Fsp3) is 0.778. The molecule has 4 unspecified atom stereocenters. The molecule has 1 saturated carbocycles. The van der Waals surface area contributed by atoms with Crippen molar-refractivity contribution in [3.63, 3.8) is 0 Å². The van der Waals surface area contributed by atoms with Gasteiger partial charge in [-0.05, 0) is 71.6 Å². The Hall–Kier alpha value is -2.78. The number of nitrogens with one attached hydrogen (secondary N) is 2. The zero-order valence-electron chi connectivity index (χ0n) is 23.4. The van der Waals surface area contributed by atoms with E-state index in [1.165, 1.54) is 0 Å². The molecule has 2 amide bonds. The number of hydrogen-bond donors (Lipinski definition) is 2. The van der Waals surface area contributed by atoms with Crippen LogP contribution in [-0.4, -0.2) is 62.6 Å². The van der Waals surface area contributed by atoms with Crippen LogP contribution in [0.25, 0.3) is 0 Å². The van der Waals surface area contributed by atoms with Crippen LogP contribution in [0.2, 0.25) is 0 Å². The Morgan fingerprint density at radius 3 is 1.73 bits per heavy atom. The molecule has 37 heavy (non-hydrogen) atoms. The van der Waals surface area contributed by atoms with Gasteiger partial charge in [0.2, 0.25) is 0 Å². The van der Waals surface area contributed by atoms with Crippen LogP contribution in [0.5, 0.6) is 0 Å². The topological polar surface area (TPSA) is 129 Å². The fourth-order valence-electron chi connectivity index (χ4n) is 3.76. The highest BCUT2D eigenvalue weighted by atomic mass is 16.6. The van der Waals surface area contributed by atoms with Crippen LogP contribution in [0.4, 0.5) is 9.59 Å². The van der Waals surface area contributed by atoms with Crippen LogP contribution in [0.15, 0.2) is 12.2 Å². The Morgan fingerprint density at radius 1 is 0.865 bits per heavy atom. The number of alkyl carbamates (subject to hydrolysis) is 2. The van der Waals surface area contributed by atoms with E-state index < -0.39 is 35.8 Å². The van der Waals surface area contributed by atoms with Crippen LogP contribution < -0.4 is 10.6 Å². The van der Waals surface area contributed by atoms with Gasteiger partial charge in [-0.25, -0.2) is 14.4 Å². The lowest BCUT2D eigenvalue weighted by Gasteiger charge is -2.29. The Bertz CT molecular complexity index is 777. The smallest absolute Gasteiger partial charge is 0.407 e. The summed E-state index contributed by atoms with van der Waals surface area (Å²) in [5, 5.41) is 5.63. The molecule has 1 rings (SSSR count). The summed E-state index contributed by atoms with van der Waals surface area (Å²) in [5.41, 5.74) is -0.318. The first kappa shape index (κ1) is 32.2. The summed E-state index contributed by atoms with van der Waals surface area (Å²) in [7, 11) is 0. The maximum atomic E-state index is 12.3. The number of rotatable bonds is 13. The largest absolute Gasteiger partial charge is 0.461 e. The van der Waals surface area contributed by atoms with Crippen molar-refractivity contribution in [3.05, 3.63) is 12.2 Å². The Balaban J connectivity index is 2.35. The van der Waals surface area contributed by atoms with Crippen molar-refractivity contribution in [1.82, 2.24) is 10.6 Å². The quantitative estimate of drug-likeness (QED) is 0.204. The van der Waals surface area contributed by atoms with E-state index in [1.54, 1.807) is 27.7 Å². The average molecular weight is 527 g/mol. The molecule has 0 aliphatic heterocycles. The second-order valence-electron chi connectivity index (χ2n) is 10.8. The van der Waals surface area contributed by atoms with E-state index in [2.05, 4.69) is 17.2 Å². The van der Waals surface area contributed by atoms with Crippen molar-refractivity contribution >= 4 is 24.1 Å². The Morgan fingerprint density at radius 2 is 1.32 bits per heavy atom. The molecule has 1 fully saturated rings. The first-order chi connectivity index (χ1) is 17.3. The standard InChI is InChI=1S/C27H46N2O8/c1-8-21(16-34-23(30)18(3)4)36-25(32)28-14-19-11-10-12-20(13-19)15-29-26(33)37-22(9-2)17-35-24(31)27(5,6)7/h19-22H,3,8-17H2,1-2,4-7H3,(H,28,32)(H,29,33). The van der Waals surface area contributed by atoms with Crippen molar-refractivity contribution in [2.45, 2.75) is 92.3 Å². The summed E-state index contributed by atoms with van der Waals surface area (Å²) in [6.45, 7) is 15.1. The molecule has 0 spiro atoms. The third-order valence-electron chi connectivity index (χ3n) is 6.18. The van der Waals surface area contributed by atoms with Crippen molar-refractivity contribution in [2.75, 3.05) is 26.3 Å². The Kier molecular flexibility index (Phi) is 14.1. The molecule has 4 atom stereocenters. The van der Waals surface area contributed by atoms with Crippen molar-refractivity contribution in [2.24, 2.45) is 17.3 Å². The highest BCUT2D eigenvalue weighted by Crippen LogP contribution is 2.28. The first-order valence-electron chi connectivity index (χ1n) is 13.2. The number of esters is 2. The second-order valence-corrected chi connectivity index (χ2v) is 10.8. The van der Waals surface area contributed by atoms with E-state index in [9.17, 15) is 19.2 Å². The number of ether oxygens (including phenoxy) is 4. The molecular formula is C27H46N2O8. The molecule has 0 bridgehead atoms. The van der Waals surface area contributed by atoms with Gasteiger partial charge in [-0.2, -0.15) is 0 Å². The van der Waals surface area contributed by atoms with Crippen LogP contribution >= 0.6 is 0 Å². The molecule has 2 N–H and O–H groups in total. The summed E-state index contributed by atoms with van der Waals surface area (Å²) in [5.74, 6) is -0.307. The summed E-state index contributed by atoms with van der Waals surface area (Å²) in [6.07, 6.45) is 2.76. The molecule has 212 valence electrons. The molecule has 0 aromatic rings. The predicted molar refractivity (Wildman–Crippen MR) is 139 cm³/mol. The second kappa shape index (κ2) is 16.1. The lowest BCUT2D eigenvalue weighted by atomic mass is 9.81. The van der Waals surface area contributed by atoms with Crippen LogP contribution in [0.1, 0.15) is 80.1 Å². The van der Waals surface area contributed by atoms with Crippen molar-refractivity contribution in [1.29, 1.82) is 0 Å². The van der Waals surface area contributed by atoms with Crippen molar-refractivity contribution in [3.8, 4) is 0 Å². The van der Waals surface area contributed by atoms with Gasteiger partial charge in [0, 0.05) is 18.7 Å². The monoisotopic (exact) mass is 526 g/mol. The third-order valence-corrected chi connectivity index (χ3v) is 6.18. The lowest BCUT2D eigenvalue weighted by Crippen LogP contribution is -2.38. The summed E-state index contributed by atoms with van der Waals surface area (Å²) < 4.78 is 21.1. The van der Waals surface area contributed by atoms with Gasteiger partial charge < -0.3 is 29.6 Å². The SMILES string of the molecule is C=C(C)C(=O)OCC(CC)OC(=O)NCC1CCCC(CNC(=O)OC(CC)COC(=O)C(C)(C)C)C1. The highest BCUT2D eigenvalue weighted by molar-refractivity contribution is 5.86. The third kappa shape index (κ3) is 13.4. The maximum absolute atomic E-state index is 12.3. The van der Waals surface area contributed by atoms with Gasteiger partial charge in [-0.1, -0.05) is 26.8 Å². The van der Waals surface area contributed by atoms with E-state index in [0.717, 1.165) is 25.7 Å². The predicted octanol–water partition coefficient (Wildman–Crippen LogP) is 4.51. The van der Waals surface area contributed by atoms with E-state index in [0.29, 0.717) is 31.5 Å². The fourth-order valence-corrected chi connectivity index (χ4v) is 3.76. The van der Waals surface area contributed by atoms with Gasteiger partial charge >= 0.3 is 24.1 Å². The molecule has 0 saturated heterocycles. The zero-order chi connectivity index (χ0) is 28.0. The van der Waals surface area contributed by atoms with Crippen molar-refractivity contribution < 1.29 is 38.1 Å². The summed E-state index contributed by atoms with van der Waals surface area (Å²) in [4.78, 5) is 48.0. The normalized spacial score (nSPS) is 19.1. The van der Waals surface area contributed by atoms with Gasteiger partial charge in [0.05, 0.1) is 5.41 Å². The molecule has 1 aliphatic rings. The van der Waals surface area contributed by atoms with E-state index >= 15 is 0 Å². The average Bonchev–Trinajstić information content (AvgIpc) is 2.85. The van der Waals surface area contributed by atoms with Gasteiger partial charge in [0.25, 0.3) is 0 Å². The molecule has 10 nitrogen and oxygen atoms in total. The van der Waals surface area contributed by atoms with Gasteiger partial charge in [-0.15, -0.1) is 0 Å². The molecule has 0 aromatic heterocycles. The van der Waals surface area contributed by atoms with E-state index in [-0.39, 0.29) is 31.0 Å². The van der Waals surface area contributed by atoms with Gasteiger partial charge in [0.1, 0.15) is 25.4 Å². The molecule has 1 aliphatic carbocycles. The molecule has 0 heterocycles. The number of carbonyl (C=O) groups is 4. The molecule has 0 aromatic carbocycles. The van der Waals surface area contributed by atoms with Gasteiger partial charge in [0.15, 0.2) is 0 Å². The van der Waals surface area contributed by atoms with Crippen LogP contribution in [0.3, 0.4) is 0 Å². The van der Waals surface area contributed by atoms with Gasteiger partial charge in [-0.3, -0.25) is 4.79 Å². The molecule has 0 radical (unpaired) electrons. The Labute approximate surface area is 221 Å². The molecular weight excluding hydrogens is 480 g/mol. The minimum Gasteiger partial charge on any atom is -0.461 e. The summed E-state index contributed by atoms with van der Waals surface area (Å²) >= 11 is 0. The van der Waals surface area contributed by atoms with Crippen LogP contribution in [0, 0.1) is 17.3 Å². The first-order valence-corrected chi connectivity index (χ1v) is 13.2.